The quantitative estimate of drug-likeness (QED) is 0.765. The molecule has 1 aliphatic heterocycles. The maximum atomic E-state index is 12.4. The summed E-state index contributed by atoms with van der Waals surface area (Å²) in [6, 6.07) is 2.86. The summed E-state index contributed by atoms with van der Waals surface area (Å²) in [5.74, 6) is -0.0949. The number of halogens is 2. The summed E-state index contributed by atoms with van der Waals surface area (Å²) < 4.78 is 5.40. The van der Waals surface area contributed by atoms with Crippen LogP contribution in [0, 0.1) is 0 Å². The maximum absolute atomic E-state index is 12.4. The normalized spacial score (nSPS) is 17.9. The minimum absolute atomic E-state index is 0.0949. The van der Waals surface area contributed by atoms with Gasteiger partial charge in [0.15, 0.2) is 5.78 Å². The van der Waals surface area contributed by atoms with E-state index in [1.54, 1.807) is 32.9 Å². The fraction of sp³-hybridized carbons (Fsp3) is 0.500. The van der Waals surface area contributed by atoms with Gasteiger partial charge in [-0.2, -0.15) is 0 Å². The molecular formula is C16H19Cl2NO3. The second-order valence-electron chi connectivity index (χ2n) is 6.46. The highest BCUT2D eigenvalue weighted by Crippen LogP contribution is 2.33. The van der Waals surface area contributed by atoms with Crippen molar-refractivity contribution < 1.29 is 14.3 Å². The van der Waals surface area contributed by atoms with Gasteiger partial charge in [-0.25, -0.2) is 4.79 Å². The molecule has 22 heavy (non-hydrogen) atoms. The summed E-state index contributed by atoms with van der Waals surface area (Å²) in [6.07, 6.45) is -0.130. The Morgan fingerprint density at radius 1 is 1.27 bits per heavy atom. The molecule has 1 unspecified atom stereocenters. The summed E-state index contributed by atoms with van der Waals surface area (Å²) in [7, 11) is 0. The number of fused-ring (bicyclic) bond motifs is 1. The van der Waals surface area contributed by atoms with Gasteiger partial charge in [0.1, 0.15) is 5.60 Å². The number of hydrogen-bond acceptors (Lipinski definition) is 3. The zero-order chi connectivity index (χ0) is 16.7. The average Bonchev–Trinajstić information content (AvgIpc) is 2.34. The van der Waals surface area contributed by atoms with Gasteiger partial charge in [0.05, 0.1) is 12.6 Å². The van der Waals surface area contributed by atoms with Gasteiger partial charge in [0, 0.05) is 16.5 Å². The topological polar surface area (TPSA) is 46.6 Å². The Hall–Kier alpha value is -1.26. The van der Waals surface area contributed by atoms with Crippen molar-refractivity contribution in [3.8, 4) is 0 Å². The van der Waals surface area contributed by atoms with Gasteiger partial charge in [-0.15, -0.1) is 0 Å². The molecule has 0 aliphatic carbocycles. The van der Waals surface area contributed by atoms with E-state index in [0.717, 1.165) is 11.1 Å². The molecule has 0 spiro atoms. The van der Waals surface area contributed by atoms with E-state index in [1.165, 1.54) is 11.8 Å². The zero-order valence-electron chi connectivity index (χ0n) is 13.1. The van der Waals surface area contributed by atoms with Crippen molar-refractivity contribution in [2.75, 3.05) is 0 Å². The number of ether oxygens (including phenoxy) is 1. The molecule has 2 rings (SSSR count). The van der Waals surface area contributed by atoms with Gasteiger partial charge < -0.3 is 4.74 Å². The van der Waals surface area contributed by atoms with E-state index in [1.807, 2.05) is 0 Å². The highest BCUT2D eigenvalue weighted by Gasteiger charge is 2.36. The molecule has 0 N–H and O–H groups in total. The van der Waals surface area contributed by atoms with E-state index in [4.69, 9.17) is 27.9 Å². The summed E-state index contributed by atoms with van der Waals surface area (Å²) in [6.45, 7) is 7.10. The van der Waals surface area contributed by atoms with E-state index in [2.05, 4.69) is 0 Å². The van der Waals surface area contributed by atoms with Crippen molar-refractivity contribution in [3.05, 3.63) is 33.3 Å². The number of hydrogen-bond donors (Lipinski definition) is 0. The molecule has 6 heteroatoms. The monoisotopic (exact) mass is 343 g/mol. The highest BCUT2D eigenvalue weighted by molar-refractivity contribution is 6.35. The van der Waals surface area contributed by atoms with Crippen molar-refractivity contribution in [2.24, 2.45) is 0 Å². The van der Waals surface area contributed by atoms with Crippen LogP contribution in [0.3, 0.4) is 0 Å². The summed E-state index contributed by atoms with van der Waals surface area (Å²) in [5, 5.41) is 1.03. The Bertz CT molecular complexity index is 623. The standard InChI is InChI=1S/C16H19Cl2NO3/c1-9(20)14-7-12-10(5-11(17)6-13(12)18)8-19(14)15(21)22-16(2,3)4/h5-6,14H,7-8H2,1-4H3. The molecule has 1 aliphatic rings. The third-order valence-electron chi connectivity index (χ3n) is 3.46. The van der Waals surface area contributed by atoms with Crippen LogP contribution < -0.4 is 0 Å². The lowest BCUT2D eigenvalue weighted by Crippen LogP contribution is -2.49. The summed E-state index contributed by atoms with van der Waals surface area (Å²) >= 11 is 12.2. The molecule has 0 aromatic heterocycles. The Morgan fingerprint density at radius 3 is 2.45 bits per heavy atom. The van der Waals surface area contributed by atoms with Crippen molar-refractivity contribution in [3.63, 3.8) is 0 Å². The first-order valence-electron chi connectivity index (χ1n) is 7.05. The lowest BCUT2D eigenvalue weighted by Gasteiger charge is -2.36. The first-order chi connectivity index (χ1) is 10.1. The van der Waals surface area contributed by atoms with Gasteiger partial charge in [-0.1, -0.05) is 23.2 Å². The number of nitrogens with zero attached hydrogens (tertiary/aromatic N) is 1. The van der Waals surface area contributed by atoms with E-state index in [0.29, 0.717) is 16.5 Å². The molecular weight excluding hydrogens is 325 g/mol. The summed E-state index contributed by atoms with van der Waals surface area (Å²) in [5.41, 5.74) is 1.09. The SMILES string of the molecule is CC(=O)C1Cc2c(Cl)cc(Cl)cc2CN1C(=O)OC(C)(C)C. The average molecular weight is 344 g/mol. The van der Waals surface area contributed by atoms with Crippen molar-refractivity contribution in [1.82, 2.24) is 4.90 Å². The lowest BCUT2D eigenvalue weighted by molar-refractivity contribution is -0.122. The predicted octanol–water partition coefficient (Wildman–Crippen LogP) is 4.24. The van der Waals surface area contributed by atoms with Gasteiger partial charge in [-0.3, -0.25) is 9.69 Å². The second kappa shape index (κ2) is 6.09. The van der Waals surface area contributed by atoms with E-state index >= 15 is 0 Å². The molecule has 0 radical (unpaired) electrons. The van der Waals surface area contributed by atoms with E-state index in [-0.39, 0.29) is 12.3 Å². The number of amides is 1. The molecule has 1 aromatic rings. The maximum Gasteiger partial charge on any atom is 0.411 e. The molecule has 0 saturated heterocycles. The van der Waals surface area contributed by atoms with Crippen LogP contribution in [0.1, 0.15) is 38.8 Å². The zero-order valence-corrected chi connectivity index (χ0v) is 14.6. The number of ketones is 1. The fourth-order valence-electron chi connectivity index (χ4n) is 2.50. The number of Topliss-reactive ketones (excluding diaryl/α,β-unsaturated/α-hetero) is 1. The highest BCUT2D eigenvalue weighted by atomic mass is 35.5. The number of carbonyl (C=O) groups excluding carboxylic acids is 2. The lowest BCUT2D eigenvalue weighted by atomic mass is 9.92. The van der Waals surface area contributed by atoms with Crippen LogP contribution >= 0.6 is 23.2 Å². The molecule has 0 saturated carbocycles. The molecule has 1 atom stereocenters. The van der Waals surface area contributed by atoms with Crippen LogP contribution in [-0.4, -0.2) is 28.4 Å². The van der Waals surface area contributed by atoms with E-state index < -0.39 is 17.7 Å². The first-order valence-corrected chi connectivity index (χ1v) is 7.81. The first kappa shape index (κ1) is 17.1. The van der Waals surface area contributed by atoms with Crippen LogP contribution in [0.5, 0.6) is 0 Å². The van der Waals surface area contributed by atoms with Crippen LogP contribution in [0.2, 0.25) is 10.0 Å². The van der Waals surface area contributed by atoms with Crippen molar-refractivity contribution in [1.29, 1.82) is 0 Å². The Kier molecular flexibility index (Phi) is 4.73. The largest absolute Gasteiger partial charge is 0.444 e. The van der Waals surface area contributed by atoms with Crippen molar-refractivity contribution in [2.45, 2.75) is 52.3 Å². The molecule has 0 bridgehead atoms. The van der Waals surface area contributed by atoms with Gasteiger partial charge in [-0.05, 0) is 51.0 Å². The Balaban J connectivity index is 2.37. The smallest absolute Gasteiger partial charge is 0.411 e. The molecule has 4 nitrogen and oxygen atoms in total. The second-order valence-corrected chi connectivity index (χ2v) is 7.31. The fourth-order valence-corrected chi connectivity index (χ4v) is 3.11. The number of benzene rings is 1. The van der Waals surface area contributed by atoms with Crippen LogP contribution in [-0.2, 0) is 22.5 Å². The third-order valence-corrected chi connectivity index (χ3v) is 4.02. The molecule has 1 amide bonds. The molecule has 1 aromatic carbocycles. The molecule has 0 fully saturated rings. The molecule has 120 valence electrons. The Morgan fingerprint density at radius 2 is 1.91 bits per heavy atom. The minimum Gasteiger partial charge on any atom is -0.444 e. The van der Waals surface area contributed by atoms with Crippen molar-refractivity contribution >= 4 is 35.1 Å². The van der Waals surface area contributed by atoms with Crippen LogP contribution in [0.15, 0.2) is 12.1 Å². The molecule has 1 heterocycles. The number of rotatable bonds is 1. The minimum atomic E-state index is -0.620. The van der Waals surface area contributed by atoms with Gasteiger partial charge in [0.25, 0.3) is 0 Å². The third kappa shape index (κ3) is 3.73. The summed E-state index contributed by atoms with van der Waals surface area (Å²) in [4.78, 5) is 25.8. The Labute approximate surface area is 140 Å². The van der Waals surface area contributed by atoms with Gasteiger partial charge in [0.2, 0.25) is 0 Å². The van der Waals surface area contributed by atoms with Crippen LogP contribution in [0.4, 0.5) is 4.79 Å². The van der Waals surface area contributed by atoms with Crippen LogP contribution in [0.25, 0.3) is 0 Å². The van der Waals surface area contributed by atoms with Gasteiger partial charge >= 0.3 is 6.09 Å². The van der Waals surface area contributed by atoms with E-state index in [9.17, 15) is 9.59 Å². The predicted molar refractivity (Wildman–Crippen MR) is 86.4 cm³/mol. The number of carbonyl (C=O) groups is 2.